The zero-order valence-electron chi connectivity index (χ0n) is 26.3. The number of aryl methyl sites for hydroxylation is 1. The number of rotatable bonds is 9. The normalized spacial score (nSPS) is 14.8. The van der Waals surface area contributed by atoms with Crippen molar-refractivity contribution < 1.29 is 28.6 Å². The van der Waals surface area contributed by atoms with Crippen molar-refractivity contribution in [1.82, 2.24) is 0 Å². The van der Waals surface area contributed by atoms with E-state index in [1.807, 2.05) is 78.9 Å². The summed E-state index contributed by atoms with van der Waals surface area (Å²) in [5.41, 5.74) is 10.1. The predicted octanol–water partition coefficient (Wildman–Crippen LogP) is 7.37. The van der Waals surface area contributed by atoms with E-state index in [4.69, 9.17) is 19.9 Å². The van der Waals surface area contributed by atoms with Crippen LogP contribution in [0.3, 0.4) is 0 Å². The van der Waals surface area contributed by atoms with E-state index in [-0.39, 0.29) is 18.0 Å². The number of benzene rings is 4. The van der Waals surface area contributed by atoms with Crippen LogP contribution in [0.25, 0.3) is 0 Å². The topological polar surface area (TPSA) is 117 Å². The van der Waals surface area contributed by atoms with Crippen LogP contribution >= 0.6 is 0 Å². The molecule has 4 aromatic carbocycles. The predicted molar refractivity (Wildman–Crippen MR) is 176 cm³/mol. The molecule has 8 nitrogen and oxygen atoms in total. The van der Waals surface area contributed by atoms with Crippen LogP contribution in [-0.2, 0) is 27.3 Å². The number of amides is 1. The lowest BCUT2D eigenvalue weighted by Gasteiger charge is -2.25. The second-order valence-corrected chi connectivity index (χ2v) is 12.3. The number of aliphatic imine (C=N–C) groups is 1. The average molecular weight is 619 g/mol. The molecule has 8 heteroatoms. The smallest absolute Gasteiger partial charge is 0.436 e. The highest BCUT2D eigenvalue weighted by atomic mass is 16.6. The number of hydrogen-bond acceptors (Lipinski definition) is 6. The van der Waals surface area contributed by atoms with Crippen LogP contribution in [0.4, 0.5) is 4.79 Å². The summed E-state index contributed by atoms with van der Waals surface area (Å²) in [6, 6.07) is 31.9. The number of nitrogens with zero attached hydrogens (tertiary/aromatic N) is 1. The Hall–Kier alpha value is -5.24. The van der Waals surface area contributed by atoms with Crippen LogP contribution < -0.4 is 10.5 Å². The van der Waals surface area contributed by atoms with E-state index in [0.717, 1.165) is 22.3 Å². The van der Waals surface area contributed by atoms with Gasteiger partial charge in [0.25, 0.3) is 0 Å². The molecule has 1 amide bonds. The second kappa shape index (κ2) is 14.2. The van der Waals surface area contributed by atoms with Gasteiger partial charge in [-0.2, -0.15) is 4.99 Å². The van der Waals surface area contributed by atoms with Gasteiger partial charge in [-0.05, 0) is 74.1 Å². The first-order chi connectivity index (χ1) is 22.1. The van der Waals surface area contributed by atoms with Crippen LogP contribution in [0, 0.1) is 5.92 Å². The molecule has 0 aliphatic heterocycles. The Kier molecular flexibility index (Phi) is 9.96. The second-order valence-electron chi connectivity index (χ2n) is 12.3. The zero-order valence-corrected chi connectivity index (χ0v) is 26.3. The summed E-state index contributed by atoms with van der Waals surface area (Å²) in [6.45, 7) is 5.58. The summed E-state index contributed by atoms with van der Waals surface area (Å²) < 4.78 is 17.2. The molecule has 1 aliphatic carbocycles. The molecule has 0 radical (unpaired) electrons. The van der Waals surface area contributed by atoms with Crippen molar-refractivity contribution >= 4 is 23.7 Å². The fraction of sp³-hybridized carbons (Fsp3) is 0.263. The van der Waals surface area contributed by atoms with E-state index < -0.39 is 29.7 Å². The van der Waals surface area contributed by atoms with Gasteiger partial charge in [0.1, 0.15) is 23.8 Å². The van der Waals surface area contributed by atoms with Crippen molar-refractivity contribution in [3.63, 3.8) is 0 Å². The quantitative estimate of drug-likeness (QED) is 0.118. The number of fused-ring (bicyclic) bond motifs is 1. The first-order valence-corrected chi connectivity index (χ1v) is 15.3. The molecular weight excluding hydrogens is 580 g/mol. The van der Waals surface area contributed by atoms with Gasteiger partial charge in [-0.1, -0.05) is 84.9 Å². The number of nitrogens with two attached hydrogens (primary N) is 1. The fourth-order valence-electron chi connectivity index (χ4n) is 5.33. The van der Waals surface area contributed by atoms with Crippen molar-refractivity contribution in [3.05, 3.63) is 137 Å². The molecule has 0 bridgehead atoms. The van der Waals surface area contributed by atoms with Crippen LogP contribution in [0.1, 0.15) is 77.9 Å². The van der Waals surface area contributed by atoms with Crippen LogP contribution in [0.15, 0.2) is 108 Å². The highest BCUT2D eigenvalue weighted by Gasteiger charge is 2.31. The average Bonchev–Trinajstić information content (AvgIpc) is 3.04. The lowest BCUT2D eigenvalue weighted by atomic mass is 9.81. The molecule has 4 aromatic rings. The Morgan fingerprint density at radius 3 is 2.13 bits per heavy atom. The zero-order chi connectivity index (χ0) is 32.7. The molecule has 236 valence electrons. The third-order valence-electron chi connectivity index (χ3n) is 7.60. The van der Waals surface area contributed by atoms with E-state index >= 15 is 0 Å². The maximum Gasteiger partial charge on any atom is 0.436 e. The molecule has 2 N–H and O–H groups in total. The first kappa shape index (κ1) is 32.2. The van der Waals surface area contributed by atoms with Gasteiger partial charge in [-0.15, -0.1) is 0 Å². The molecule has 46 heavy (non-hydrogen) atoms. The number of ether oxygens (including phenoxy) is 3. The molecule has 1 aliphatic rings. The Morgan fingerprint density at radius 1 is 0.891 bits per heavy atom. The van der Waals surface area contributed by atoms with Gasteiger partial charge in [0.15, 0.2) is 11.9 Å². The highest BCUT2D eigenvalue weighted by molar-refractivity contribution is 6.03. The largest absolute Gasteiger partial charge is 0.489 e. The highest BCUT2D eigenvalue weighted by Crippen LogP contribution is 2.32. The minimum atomic E-state index is -0.741. The van der Waals surface area contributed by atoms with Crippen LogP contribution in [0.5, 0.6) is 5.75 Å². The maximum atomic E-state index is 13.4. The maximum absolute atomic E-state index is 13.4. The Bertz CT molecular complexity index is 1670. The van der Waals surface area contributed by atoms with Crippen molar-refractivity contribution in [1.29, 1.82) is 0 Å². The molecule has 0 heterocycles. The van der Waals surface area contributed by atoms with E-state index in [0.29, 0.717) is 36.3 Å². The van der Waals surface area contributed by atoms with Crippen LogP contribution in [-0.4, -0.2) is 29.3 Å². The number of esters is 1. The van der Waals surface area contributed by atoms with Gasteiger partial charge in [0, 0.05) is 17.0 Å². The molecule has 0 saturated heterocycles. The Balaban J connectivity index is 1.17. The van der Waals surface area contributed by atoms with Crippen molar-refractivity contribution in [3.8, 4) is 5.75 Å². The van der Waals surface area contributed by atoms with E-state index in [2.05, 4.69) is 4.99 Å². The fourth-order valence-corrected chi connectivity index (χ4v) is 5.33. The van der Waals surface area contributed by atoms with E-state index in [1.165, 1.54) is 0 Å². The number of hydrogen-bond donors (Lipinski definition) is 1. The molecule has 0 aromatic heterocycles. The molecule has 0 spiro atoms. The first-order valence-electron chi connectivity index (χ1n) is 15.3. The third kappa shape index (κ3) is 8.47. The Morgan fingerprint density at radius 2 is 1.52 bits per heavy atom. The molecule has 1 unspecified atom stereocenters. The molecule has 1 atom stereocenters. The summed E-state index contributed by atoms with van der Waals surface area (Å²) in [4.78, 5) is 42.3. The number of amidine groups is 1. The Labute approximate surface area is 269 Å². The summed E-state index contributed by atoms with van der Waals surface area (Å²) in [5.74, 6) is -0.179. The number of Topliss-reactive ketones (excluding diaryl/α,β-unsaturated/α-hetero) is 1. The summed E-state index contributed by atoms with van der Waals surface area (Å²) in [6.07, 6.45) is -0.0502. The lowest BCUT2D eigenvalue weighted by molar-refractivity contribution is -0.148. The van der Waals surface area contributed by atoms with E-state index in [1.54, 1.807) is 45.0 Å². The van der Waals surface area contributed by atoms with Crippen molar-refractivity contribution in [2.75, 3.05) is 0 Å². The van der Waals surface area contributed by atoms with Crippen molar-refractivity contribution in [2.24, 2.45) is 16.6 Å². The molecular formula is C38H38N2O6. The van der Waals surface area contributed by atoms with Crippen molar-refractivity contribution in [2.45, 2.75) is 58.3 Å². The van der Waals surface area contributed by atoms with Gasteiger partial charge in [-0.3, -0.25) is 9.59 Å². The minimum Gasteiger partial charge on any atom is -0.489 e. The van der Waals surface area contributed by atoms with Crippen LogP contribution in [0.2, 0.25) is 0 Å². The molecule has 0 saturated carbocycles. The summed E-state index contributed by atoms with van der Waals surface area (Å²) in [7, 11) is 0. The van der Waals surface area contributed by atoms with Gasteiger partial charge >= 0.3 is 12.1 Å². The van der Waals surface area contributed by atoms with Gasteiger partial charge in [0.05, 0.1) is 6.42 Å². The standard InChI is InChI=1S/C38H38N2O6/c1-38(2,3)46-37(43)40-36(39)28-16-14-25(15-17-28)24-44-31-20-21-32-29(22-31)18-19-30(34(32)42)23-33(41)45-35(26-10-6-4-7-11-26)27-12-8-5-9-13-27/h4-17,20-22,30,35H,18-19,23-24H2,1-3H3,(H2,39,40,43). The monoisotopic (exact) mass is 618 g/mol. The SMILES string of the molecule is CC(C)(C)OC(=O)/N=C(\N)c1ccc(COc2ccc3c(c2)CCC(CC(=O)OC(c2ccccc2)c2ccccc2)C3=O)cc1. The lowest BCUT2D eigenvalue weighted by Crippen LogP contribution is -2.26. The minimum absolute atomic E-state index is 0.0235. The van der Waals surface area contributed by atoms with Gasteiger partial charge < -0.3 is 19.9 Å². The third-order valence-corrected chi connectivity index (χ3v) is 7.60. The van der Waals surface area contributed by atoms with E-state index in [9.17, 15) is 14.4 Å². The number of carbonyl (C=O) groups excluding carboxylic acids is 3. The molecule has 5 rings (SSSR count). The summed E-state index contributed by atoms with van der Waals surface area (Å²) in [5, 5.41) is 0. The van der Waals surface area contributed by atoms with Gasteiger partial charge in [-0.25, -0.2) is 4.79 Å². The number of ketones is 1. The summed E-state index contributed by atoms with van der Waals surface area (Å²) >= 11 is 0. The number of carbonyl (C=O) groups is 3. The van der Waals surface area contributed by atoms with Gasteiger partial charge in [0.2, 0.25) is 0 Å². The molecule has 0 fully saturated rings.